The van der Waals surface area contributed by atoms with Gasteiger partial charge in [-0.25, -0.2) is 14.1 Å². The minimum Gasteiger partial charge on any atom is -0.489 e. The quantitative estimate of drug-likeness (QED) is 0.521. The molecule has 1 fully saturated rings. The van der Waals surface area contributed by atoms with E-state index >= 15 is 0 Å². The number of nitrogens with zero attached hydrogens (tertiary/aromatic N) is 1. The maximum absolute atomic E-state index is 14.5. The van der Waals surface area contributed by atoms with Gasteiger partial charge in [-0.1, -0.05) is 60.7 Å². The first-order valence-electron chi connectivity index (χ1n) is 9.81. The van der Waals surface area contributed by atoms with Gasteiger partial charge in [0.15, 0.2) is 0 Å². The van der Waals surface area contributed by atoms with E-state index in [9.17, 15) is 14.0 Å². The van der Waals surface area contributed by atoms with Crippen LogP contribution in [0.5, 0.6) is 5.75 Å². The average molecular weight is 417 g/mol. The summed E-state index contributed by atoms with van der Waals surface area (Å²) >= 11 is 0. The molecule has 1 aliphatic rings. The fourth-order valence-electron chi connectivity index (χ4n) is 3.30. The van der Waals surface area contributed by atoms with Crippen LogP contribution in [0, 0.1) is 5.82 Å². The van der Waals surface area contributed by atoms with Crippen LogP contribution in [0.4, 0.5) is 9.18 Å². The second-order valence-corrected chi connectivity index (χ2v) is 7.00. The highest BCUT2D eigenvalue weighted by Gasteiger charge is 2.37. The third-order valence-electron chi connectivity index (χ3n) is 4.92. The molecule has 0 bridgehead atoms. The minimum atomic E-state index is -0.714. The molecule has 0 saturated carbocycles. The van der Waals surface area contributed by atoms with Crippen LogP contribution in [0.2, 0.25) is 0 Å². The summed E-state index contributed by atoms with van der Waals surface area (Å²) in [5, 5.41) is 0. The molecule has 0 unspecified atom stereocenters. The number of imide groups is 1. The van der Waals surface area contributed by atoms with Gasteiger partial charge in [0.1, 0.15) is 30.8 Å². The van der Waals surface area contributed by atoms with Crippen molar-refractivity contribution in [1.29, 1.82) is 0 Å². The highest BCUT2D eigenvalue weighted by atomic mass is 19.1. The summed E-state index contributed by atoms with van der Waals surface area (Å²) in [6.45, 7) is 0.413. The number of carbonyl (C=O) groups excluding carboxylic acids is 2. The van der Waals surface area contributed by atoms with Crippen LogP contribution in [0.1, 0.15) is 22.7 Å². The van der Waals surface area contributed by atoms with E-state index in [-0.39, 0.29) is 12.2 Å². The second kappa shape index (κ2) is 9.26. The number of cyclic esters (lactones) is 1. The molecule has 1 saturated heterocycles. The highest BCUT2D eigenvalue weighted by molar-refractivity contribution is 6.02. The Hall–Kier alpha value is -3.93. The maximum atomic E-state index is 14.5. The molecule has 4 rings (SSSR count). The van der Waals surface area contributed by atoms with E-state index in [1.165, 1.54) is 24.3 Å². The zero-order chi connectivity index (χ0) is 21.6. The van der Waals surface area contributed by atoms with Gasteiger partial charge in [0.2, 0.25) is 0 Å². The van der Waals surface area contributed by atoms with Crippen molar-refractivity contribution in [3.05, 3.63) is 107 Å². The molecule has 0 N–H and O–H groups in total. The first-order chi connectivity index (χ1) is 15.1. The van der Waals surface area contributed by atoms with Crippen molar-refractivity contribution >= 4 is 18.1 Å². The van der Waals surface area contributed by atoms with Gasteiger partial charge < -0.3 is 9.47 Å². The lowest BCUT2D eigenvalue weighted by atomic mass is 10.1. The molecule has 1 atom stereocenters. The van der Waals surface area contributed by atoms with Gasteiger partial charge in [-0.3, -0.25) is 4.79 Å². The molecule has 1 aliphatic heterocycles. The van der Waals surface area contributed by atoms with Crippen LogP contribution in [-0.4, -0.2) is 23.5 Å². The molecule has 6 heteroatoms. The van der Waals surface area contributed by atoms with Gasteiger partial charge in [-0.15, -0.1) is 0 Å². The van der Waals surface area contributed by atoms with Gasteiger partial charge in [-0.05, 0) is 29.3 Å². The highest BCUT2D eigenvalue weighted by Crippen LogP contribution is 2.28. The van der Waals surface area contributed by atoms with E-state index in [0.29, 0.717) is 12.4 Å². The van der Waals surface area contributed by atoms with E-state index in [0.717, 1.165) is 16.0 Å². The van der Waals surface area contributed by atoms with E-state index in [1.54, 1.807) is 6.07 Å². The maximum Gasteiger partial charge on any atom is 0.417 e. The summed E-state index contributed by atoms with van der Waals surface area (Å²) in [5.74, 6) is -0.713. The van der Waals surface area contributed by atoms with Gasteiger partial charge in [-0.2, -0.15) is 0 Å². The fourth-order valence-corrected chi connectivity index (χ4v) is 3.30. The zero-order valence-electron chi connectivity index (χ0n) is 16.6. The molecular formula is C25H20FNO4. The number of rotatable bonds is 6. The van der Waals surface area contributed by atoms with Crippen LogP contribution in [0.25, 0.3) is 6.08 Å². The molecule has 1 heterocycles. The summed E-state index contributed by atoms with van der Waals surface area (Å²) in [6.07, 6.45) is 1.80. The minimum absolute atomic E-state index is 0.0875. The van der Waals surface area contributed by atoms with E-state index < -0.39 is 23.9 Å². The van der Waals surface area contributed by atoms with Crippen LogP contribution in [0.15, 0.2) is 84.9 Å². The van der Waals surface area contributed by atoms with Gasteiger partial charge in [0.05, 0.1) is 0 Å². The van der Waals surface area contributed by atoms with Gasteiger partial charge in [0, 0.05) is 17.7 Å². The number of halogens is 1. The SMILES string of the molecule is O=C(/C=C/c1ccc(OCc2ccccc2)cc1F)N1C(=O)OC[C@H]1c1ccccc1. The van der Waals surface area contributed by atoms with Gasteiger partial charge >= 0.3 is 6.09 Å². The molecular weight excluding hydrogens is 397 g/mol. The lowest BCUT2D eigenvalue weighted by Gasteiger charge is -2.18. The second-order valence-electron chi connectivity index (χ2n) is 7.00. The van der Waals surface area contributed by atoms with Crippen molar-refractivity contribution < 1.29 is 23.5 Å². The molecule has 0 aliphatic carbocycles. The van der Waals surface area contributed by atoms with Crippen molar-refractivity contribution in [2.45, 2.75) is 12.6 Å². The lowest BCUT2D eigenvalue weighted by Crippen LogP contribution is -2.32. The summed E-state index contributed by atoms with van der Waals surface area (Å²) in [7, 11) is 0. The van der Waals surface area contributed by atoms with Crippen molar-refractivity contribution in [3.63, 3.8) is 0 Å². The first kappa shape index (κ1) is 20.3. The predicted molar refractivity (Wildman–Crippen MR) is 114 cm³/mol. The summed E-state index contributed by atoms with van der Waals surface area (Å²) in [6, 6.07) is 22.6. The third-order valence-corrected chi connectivity index (χ3v) is 4.92. The monoisotopic (exact) mass is 417 g/mol. The van der Waals surface area contributed by atoms with Crippen molar-refractivity contribution in [1.82, 2.24) is 4.90 Å². The molecule has 31 heavy (non-hydrogen) atoms. The Kier molecular flexibility index (Phi) is 6.08. The van der Waals surface area contributed by atoms with Crippen LogP contribution >= 0.6 is 0 Å². The largest absolute Gasteiger partial charge is 0.489 e. The third kappa shape index (κ3) is 4.80. The van der Waals surface area contributed by atoms with Crippen LogP contribution in [-0.2, 0) is 16.1 Å². The number of amides is 2. The number of benzene rings is 3. The van der Waals surface area contributed by atoms with Crippen molar-refractivity contribution in [3.8, 4) is 5.75 Å². The normalized spacial score (nSPS) is 15.8. The fraction of sp³-hybridized carbons (Fsp3) is 0.120. The van der Waals surface area contributed by atoms with E-state index in [4.69, 9.17) is 9.47 Å². The van der Waals surface area contributed by atoms with Crippen LogP contribution in [0.3, 0.4) is 0 Å². The Bertz CT molecular complexity index is 1100. The lowest BCUT2D eigenvalue weighted by molar-refractivity contribution is -0.124. The number of carbonyl (C=O) groups is 2. The van der Waals surface area contributed by atoms with E-state index in [2.05, 4.69) is 0 Å². The number of hydrogen-bond donors (Lipinski definition) is 0. The standard InChI is InChI=1S/C25H20FNO4/c26-22-15-21(30-16-18-7-3-1-4-8-18)13-11-19(22)12-14-24(28)27-23(17-31-25(27)29)20-9-5-2-6-10-20/h1-15,23H,16-17H2/b14-12+/t23-/m0/s1. The zero-order valence-corrected chi connectivity index (χ0v) is 16.6. The number of hydrogen-bond acceptors (Lipinski definition) is 4. The Labute approximate surface area is 179 Å². The predicted octanol–water partition coefficient (Wildman–Crippen LogP) is 5.14. The average Bonchev–Trinajstić information content (AvgIpc) is 3.19. The van der Waals surface area contributed by atoms with Crippen LogP contribution < -0.4 is 4.74 Å². The molecule has 0 radical (unpaired) electrons. The molecule has 3 aromatic carbocycles. The molecule has 0 aromatic heterocycles. The first-order valence-corrected chi connectivity index (χ1v) is 9.81. The Morgan fingerprint density at radius 3 is 2.48 bits per heavy atom. The summed E-state index contributed by atoms with van der Waals surface area (Å²) < 4.78 is 25.1. The molecule has 0 spiro atoms. The molecule has 3 aromatic rings. The van der Waals surface area contributed by atoms with Crippen molar-refractivity contribution in [2.75, 3.05) is 6.61 Å². The molecule has 5 nitrogen and oxygen atoms in total. The Morgan fingerprint density at radius 1 is 1.06 bits per heavy atom. The summed E-state index contributed by atoms with van der Waals surface area (Å²) in [5.41, 5.74) is 1.98. The molecule has 2 amide bonds. The van der Waals surface area contributed by atoms with Crippen molar-refractivity contribution in [2.24, 2.45) is 0 Å². The summed E-state index contributed by atoms with van der Waals surface area (Å²) in [4.78, 5) is 25.8. The number of ether oxygens (including phenoxy) is 2. The topological polar surface area (TPSA) is 55.8 Å². The smallest absolute Gasteiger partial charge is 0.417 e. The van der Waals surface area contributed by atoms with E-state index in [1.807, 2.05) is 60.7 Å². The molecule has 156 valence electrons. The van der Waals surface area contributed by atoms with Gasteiger partial charge in [0.25, 0.3) is 5.91 Å². The Balaban J connectivity index is 1.43. The Morgan fingerprint density at radius 2 is 1.77 bits per heavy atom.